The molecule has 0 aromatic carbocycles. The van der Waals surface area contributed by atoms with Gasteiger partial charge in [0.1, 0.15) is 0 Å². The predicted octanol–water partition coefficient (Wildman–Crippen LogP) is 1.21. The van der Waals surface area contributed by atoms with Crippen LogP contribution in [0.2, 0.25) is 0 Å². The summed E-state index contributed by atoms with van der Waals surface area (Å²) in [4.78, 5) is 0. The minimum atomic E-state index is -3.03. The molecule has 4 nitrogen and oxygen atoms in total. The number of halogens is 1. The molecular weight excluding hydrogens is 248 g/mol. The maximum absolute atomic E-state index is 11.9. The first-order chi connectivity index (χ1) is 6.93. The summed E-state index contributed by atoms with van der Waals surface area (Å²) in [5.74, 6) is 0.282. The first-order valence-corrected chi connectivity index (χ1v) is 7.22. The van der Waals surface area contributed by atoms with Crippen LogP contribution in [0, 0.1) is 5.41 Å². The van der Waals surface area contributed by atoms with Gasteiger partial charge >= 0.3 is 0 Å². The summed E-state index contributed by atoms with van der Waals surface area (Å²) in [5.41, 5.74) is 5.64. The van der Waals surface area contributed by atoms with Crippen LogP contribution in [0.5, 0.6) is 0 Å². The Labute approximate surface area is 105 Å². The first-order valence-electron chi connectivity index (χ1n) is 5.61. The zero-order valence-corrected chi connectivity index (χ0v) is 11.7. The Kier molecular flexibility index (Phi) is 6.25. The van der Waals surface area contributed by atoms with E-state index in [9.17, 15) is 8.42 Å². The molecule has 1 aliphatic heterocycles. The Balaban J connectivity index is 0.00000225. The van der Waals surface area contributed by atoms with Gasteiger partial charge in [-0.1, -0.05) is 20.3 Å². The number of hydrogen-bond donors (Lipinski definition) is 1. The van der Waals surface area contributed by atoms with Gasteiger partial charge < -0.3 is 5.73 Å². The molecule has 2 N–H and O–H groups in total. The molecule has 0 bridgehead atoms. The lowest BCUT2D eigenvalue weighted by atomic mass is 9.90. The van der Waals surface area contributed by atoms with Gasteiger partial charge in [-0.3, -0.25) is 0 Å². The highest BCUT2D eigenvalue weighted by Gasteiger charge is 2.37. The van der Waals surface area contributed by atoms with Crippen molar-refractivity contribution in [2.45, 2.75) is 33.1 Å². The summed E-state index contributed by atoms with van der Waals surface area (Å²) in [6.07, 6.45) is 2.55. The normalized spacial score (nSPS) is 26.7. The van der Waals surface area contributed by atoms with E-state index in [1.54, 1.807) is 4.31 Å². The maximum atomic E-state index is 11.9. The highest BCUT2D eigenvalue weighted by atomic mass is 35.5. The molecule has 6 heteroatoms. The minimum Gasteiger partial charge on any atom is -0.330 e. The van der Waals surface area contributed by atoms with Crippen LogP contribution in [0.3, 0.4) is 0 Å². The smallest absolute Gasteiger partial charge is 0.214 e. The van der Waals surface area contributed by atoms with Crippen molar-refractivity contribution in [3.8, 4) is 0 Å². The molecule has 0 aliphatic carbocycles. The van der Waals surface area contributed by atoms with Gasteiger partial charge in [-0.25, -0.2) is 12.7 Å². The van der Waals surface area contributed by atoms with Gasteiger partial charge in [0.25, 0.3) is 0 Å². The van der Waals surface area contributed by atoms with Crippen LogP contribution in [0.15, 0.2) is 0 Å². The quantitative estimate of drug-likeness (QED) is 0.817. The molecule has 0 radical (unpaired) electrons. The van der Waals surface area contributed by atoms with Crippen LogP contribution in [-0.2, 0) is 10.0 Å². The van der Waals surface area contributed by atoms with Crippen molar-refractivity contribution in [2.24, 2.45) is 11.1 Å². The van der Waals surface area contributed by atoms with Crippen LogP contribution in [0.25, 0.3) is 0 Å². The van der Waals surface area contributed by atoms with E-state index >= 15 is 0 Å². The largest absolute Gasteiger partial charge is 0.330 e. The van der Waals surface area contributed by atoms with Gasteiger partial charge in [0.05, 0.1) is 5.75 Å². The molecule has 0 aromatic heterocycles. The average Bonchev–Trinajstić information content (AvgIpc) is 2.60. The van der Waals surface area contributed by atoms with E-state index in [-0.39, 0.29) is 23.6 Å². The number of rotatable bonds is 5. The van der Waals surface area contributed by atoms with Crippen molar-refractivity contribution >= 4 is 22.4 Å². The van der Waals surface area contributed by atoms with E-state index < -0.39 is 10.0 Å². The van der Waals surface area contributed by atoms with Crippen molar-refractivity contribution in [3.05, 3.63) is 0 Å². The Morgan fingerprint density at radius 1 is 1.44 bits per heavy atom. The van der Waals surface area contributed by atoms with Crippen LogP contribution in [0.1, 0.15) is 33.1 Å². The van der Waals surface area contributed by atoms with Crippen molar-refractivity contribution in [1.82, 2.24) is 4.31 Å². The average molecular weight is 271 g/mol. The van der Waals surface area contributed by atoms with E-state index in [4.69, 9.17) is 5.73 Å². The topological polar surface area (TPSA) is 63.4 Å². The van der Waals surface area contributed by atoms with Gasteiger partial charge in [-0.15, -0.1) is 12.4 Å². The summed E-state index contributed by atoms with van der Waals surface area (Å²) in [7, 11) is -3.03. The fraction of sp³-hybridized carbons (Fsp3) is 1.00. The lowest BCUT2D eigenvalue weighted by Gasteiger charge is -2.22. The molecule has 1 fully saturated rings. The predicted molar refractivity (Wildman–Crippen MR) is 69.3 cm³/mol. The molecular formula is C10H23ClN2O2S. The fourth-order valence-corrected chi connectivity index (χ4v) is 3.63. The van der Waals surface area contributed by atoms with Crippen molar-refractivity contribution in [3.63, 3.8) is 0 Å². The monoisotopic (exact) mass is 270 g/mol. The van der Waals surface area contributed by atoms with E-state index in [1.165, 1.54) is 0 Å². The number of sulfonamides is 1. The Hall–Kier alpha value is 0.160. The molecule has 1 unspecified atom stereocenters. The third kappa shape index (κ3) is 3.87. The molecule has 1 rings (SSSR count). The van der Waals surface area contributed by atoms with E-state index in [1.807, 2.05) is 6.92 Å². The highest BCUT2D eigenvalue weighted by Crippen LogP contribution is 2.30. The molecule has 1 saturated heterocycles. The molecule has 0 aromatic rings. The van der Waals surface area contributed by atoms with Crippen molar-refractivity contribution < 1.29 is 8.42 Å². The molecule has 98 valence electrons. The third-order valence-corrected chi connectivity index (χ3v) is 5.07. The van der Waals surface area contributed by atoms with E-state index in [0.29, 0.717) is 19.6 Å². The zero-order chi connectivity index (χ0) is 11.5. The van der Waals surface area contributed by atoms with Crippen LogP contribution >= 0.6 is 12.4 Å². The summed E-state index contributed by atoms with van der Waals surface area (Å²) in [6, 6.07) is 0. The van der Waals surface area contributed by atoms with Gasteiger partial charge in [0.15, 0.2) is 0 Å². The third-order valence-electron chi connectivity index (χ3n) is 3.16. The second-order valence-electron chi connectivity index (χ2n) is 4.77. The minimum absolute atomic E-state index is 0. The van der Waals surface area contributed by atoms with Gasteiger partial charge in [0.2, 0.25) is 10.0 Å². The summed E-state index contributed by atoms with van der Waals surface area (Å²) in [5, 5.41) is 0. The lowest BCUT2D eigenvalue weighted by Crippen LogP contribution is -2.35. The van der Waals surface area contributed by atoms with Crippen LogP contribution in [-0.4, -0.2) is 38.1 Å². The standard InChI is InChI=1S/C10H22N2O2S.ClH/c1-3-4-7-15(13,14)12-6-5-10(2,8-11)9-12;/h3-9,11H2,1-2H3;1H. The summed E-state index contributed by atoms with van der Waals surface area (Å²) >= 11 is 0. The van der Waals surface area contributed by atoms with Crippen molar-refractivity contribution in [2.75, 3.05) is 25.4 Å². The first kappa shape index (κ1) is 16.2. The molecule has 16 heavy (non-hydrogen) atoms. The lowest BCUT2D eigenvalue weighted by molar-refractivity contribution is 0.349. The highest BCUT2D eigenvalue weighted by molar-refractivity contribution is 7.89. The zero-order valence-electron chi connectivity index (χ0n) is 10.1. The number of nitrogens with zero attached hydrogens (tertiary/aromatic N) is 1. The SMILES string of the molecule is CCCCS(=O)(=O)N1CCC(C)(CN)C1.Cl. The van der Waals surface area contributed by atoms with E-state index in [2.05, 4.69) is 6.92 Å². The van der Waals surface area contributed by atoms with Crippen molar-refractivity contribution in [1.29, 1.82) is 0 Å². The second-order valence-corrected chi connectivity index (χ2v) is 6.86. The Morgan fingerprint density at radius 3 is 2.50 bits per heavy atom. The van der Waals surface area contributed by atoms with Gasteiger partial charge in [-0.2, -0.15) is 0 Å². The Bertz CT molecular complexity index is 308. The fourth-order valence-electron chi connectivity index (χ4n) is 1.84. The number of unbranched alkanes of at least 4 members (excludes halogenated alkanes) is 1. The number of hydrogen-bond acceptors (Lipinski definition) is 3. The molecule has 1 atom stereocenters. The van der Waals surface area contributed by atoms with Crippen LogP contribution in [0.4, 0.5) is 0 Å². The van der Waals surface area contributed by atoms with Gasteiger partial charge in [0, 0.05) is 13.1 Å². The van der Waals surface area contributed by atoms with E-state index in [0.717, 1.165) is 19.3 Å². The molecule has 0 saturated carbocycles. The molecule has 1 aliphatic rings. The maximum Gasteiger partial charge on any atom is 0.214 e. The molecule has 0 spiro atoms. The summed E-state index contributed by atoms with van der Waals surface area (Å²) in [6.45, 7) is 5.86. The summed E-state index contributed by atoms with van der Waals surface area (Å²) < 4.78 is 25.4. The molecule has 0 amide bonds. The number of nitrogens with two attached hydrogens (primary N) is 1. The molecule has 1 heterocycles. The van der Waals surface area contributed by atoms with Gasteiger partial charge in [-0.05, 0) is 24.8 Å². The van der Waals surface area contributed by atoms with Crippen LogP contribution < -0.4 is 5.73 Å². The second kappa shape index (κ2) is 6.19. The Morgan fingerprint density at radius 2 is 2.06 bits per heavy atom.